The number of alkyl carbamates (subject to hydrolysis) is 1. The van der Waals surface area contributed by atoms with Crippen molar-refractivity contribution in [2.45, 2.75) is 46.4 Å². The number of hydrogen-bond acceptors (Lipinski definition) is 7. The van der Waals surface area contributed by atoms with Crippen molar-refractivity contribution >= 4 is 12.1 Å². The molecule has 0 aliphatic rings. The fourth-order valence-corrected chi connectivity index (χ4v) is 1.69. The van der Waals surface area contributed by atoms with Crippen molar-refractivity contribution in [2.24, 2.45) is 0 Å². The summed E-state index contributed by atoms with van der Waals surface area (Å²) in [4.78, 5) is 23.7. The molecule has 130 valence electrons. The molecule has 9 nitrogen and oxygen atoms in total. The number of amides is 1. The summed E-state index contributed by atoms with van der Waals surface area (Å²) >= 11 is 0. The molecule has 1 rings (SSSR count). The number of carbonyl (C=O) groups is 2. The molecular weight excluding hydrogens is 304 g/mol. The van der Waals surface area contributed by atoms with Gasteiger partial charge in [0.05, 0.1) is 32.0 Å². The Morgan fingerprint density at radius 3 is 2.57 bits per heavy atom. The molecule has 0 unspecified atom stereocenters. The quantitative estimate of drug-likeness (QED) is 0.748. The predicted molar refractivity (Wildman–Crippen MR) is 80.9 cm³/mol. The van der Waals surface area contributed by atoms with Crippen molar-refractivity contribution in [3.8, 4) is 0 Å². The van der Waals surface area contributed by atoms with E-state index in [1.165, 1.54) is 4.68 Å². The molecule has 1 amide bonds. The van der Waals surface area contributed by atoms with Crippen LogP contribution >= 0.6 is 0 Å². The van der Waals surface area contributed by atoms with E-state index in [2.05, 4.69) is 15.6 Å². The van der Waals surface area contributed by atoms with E-state index in [-0.39, 0.29) is 18.8 Å². The fourth-order valence-electron chi connectivity index (χ4n) is 1.69. The van der Waals surface area contributed by atoms with Crippen LogP contribution in [0.3, 0.4) is 0 Å². The molecule has 0 atom stereocenters. The summed E-state index contributed by atoms with van der Waals surface area (Å²) in [5, 5.41) is 10.3. The van der Waals surface area contributed by atoms with Gasteiger partial charge in [0.1, 0.15) is 5.60 Å². The number of carbonyl (C=O) groups excluding carboxylic acids is 2. The normalized spacial score (nSPS) is 11.2. The topological polar surface area (TPSA) is 105 Å². The molecule has 1 N–H and O–H groups in total. The van der Waals surface area contributed by atoms with Crippen molar-refractivity contribution in [1.82, 2.24) is 20.3 Å². The van der Waals surface area contributed by atoms with E-state index < -0.39 is 17.7 Å². The number of methoxy groups -OCH3 is 1. The van der Waals surface area contributed by atoms with Gasteiger partial charge in [-0.1, -0.05) is 5.21 Å². The minimum absolute atomic E-state index is 0.0414. The smallest absolute Gasteiger partial charge is 0.407 e. The first kappa shape index (κ1) is 18.9. The van der Waals surface area contributed by atoms with Gasteiger partial charge in [-0.3, -0.25) is 0 Å². The Balaban J connectivity index is 2.85. The van der Waals surface area contributed by atoms with Gasteiger partial charge in [-0.2, -0.15) is 0 Å². The average molecular weight is 328 g/mol. The lowest BCUT2D eigenvalue weighted by molar-refractivity contribution is 0.0497. The van der Waals surface area contributed by atoms with Crippen molar-refractivity contribution in [2.75, 3.05) is 20.3 Å². The van der Waals surface area contributed by atoms with Crippen LogP contribution in [0.25, 0.3) is 0 Å². The first-order valence-corrected chi connectivity index (χ1v) is 7.33. The van der Waals surface area contributed by atoms with Crippen LogP contribution in [-0.4, -0.2) is 53.0 Å². The second kappa shape index (κ2) is 8.47. The monoisotopic (exact) mass is 328 g/mol. The Hall–Kier alpha value is -2.16. The Kier molecular flexibility index (Phi) is 6.95. The lowest BCUT2D eigenvalue weighted by atomic mass is 10.2. The molecule has 0 saturated heterocycles. The Morgan fingerprint density at radius 2 is 2.00 bits per heavy atom. The van der Waals surface area contributed by atoms with E-state index in [0.717, 1.165) is 0 Å². The summed E-state index contributed by atoms with van der Waals surface area (Å²) in [7, 11) is 1.56. The van der Waals surface area contributed by atoms with Crippen molar-refractivity contribution in [1.29, 1.82) is 0 Å². The van der Waals surface area contributed by atoms with Gasteiger partial charge in [-0.05, 0) is 27.7 Å². The number of nitrogens with zero attached hydrogens (tertiary/aromatic N) is 3. The summed E-state index contributed by atoms with van der Waals surface area (Å²) in [6.07, 6.45) is -0.591. The van der Waals surface area contributed by atoms with E-state index in [9.17, 15) is 9.59 Å². The minimum Gasteiger partial charge on any atom is -0.461 e. The van der Waals surface area contributed by atoms with Crippen molar-refractivity contribution in [3.05, 3.63) is 11.4 Å². The second-order valence-corrected chi connectivity index (χ2v) is 5.68. The minimum atomic E-state index is -0.609. The van der Waals surface area contributed by atoms with Gasteiger partial charge in [0.25, 0.3) is 0 Å². The van der Waals surface area contributed by atoms with Gasteiger partial charge in [-0.25, -0.2) is 14.3 Å². The number of ether oxygens (including phenoxy) is 3. The third kappa shape index (κ3) is 6.23. The molecule has 1 aromatic rings. The van der Waals surface area contributed by atoms with Crippen molar-refractivity contribution in [3.63, 3.8) is 0 Å². The maximum atomic E-state index is 11.9. The molecule has 0 fully saturated rings. The van der Waals surface area contributed by atoms with Gasteiger partial charge in [0.2, 0.25) is 0 Å². The summed E-state index contributed by atoms with van der Waals surface area (Å²) in [5.74, 6) is -0.586. The number of esters is 1. The molecule has 0 spiro atoms. The van der Waals surface area contributed by atoms with Crippen LogP contribution < -0.4 is 5.32 Å². The summed E-state index contributed by atoms with van der Waals surface area (Å²) in [6.45, 7) is 8.05. The van der Waals surface area contributed by atoms with E-state index in [4.69, 9.17) is 14.2 Å². The highest BCUT2D eigenvalue weighted by Gasteiger charge is 2.22. The summed E-state index contributed by atoms with van der Waals surface area (Å²) in [5.41, 5.74) is -0.104. The van der Waals surface area contributed by atoms with Gasteiger partial charge in [0.15, 0.2) is 5.69 Å². The maximum absolute atomic E-state index is 11.9. The van der Waals surface area contributed by atoms with Gasteiger partial charge in [-0.15, -0.1) is 5.10 Å². The molecular formula is C14H24N4O5. The van der Waals surface area contributed by atoms with E-state index in [1.807, 2.05) is 0 Å². The molecule has 1 aromatic heterocycles. The standard InChI is InChI=1S/C14H24N4O5/c1-6-22-12(19)11-10(18(17-16-11)7-8-21-5)9-15-13(20)23-14(2,3)4/h6-9H2,1-5H3,(H,15,20). The van der Waals surface area contributed by atoms with Crippen LogP contribution in [-0.2, 0) is 27.3 Å². The molecule has 0 aliphatic carbocycles. The zero-order valence-electron chi connectivity index (χ0n) is 14.2. The van der Waals surface area contributed by atoms with Crippen LogP contribution in [0.1, 0.15) is 43.9 Å². The van der Waals surface area contributed by atoms with Crippen molar-refractivity contribution < 1.29 is 23.8 Å². The van der Waals surface area contributed by atoms with E-state index >= 15 is 0 Å². The molecule has 9 heteroatoms. The van der Waals surface area contributed by atoms with Crippen LogP contribution in [0.4, 0.5) is 4.79 Å². The van der Waals surface area contributed by atoms with Gasteiger partial charge < -0.3 is 19.5 Å². The number of rotatable bonds is 7. The van der Waals surface area contributed by atoms with E-state index in [0.29, 0.717) is 18.8 Å². The zero-order valence-corrected chi connectivity index (χ0v) is 14.2. The van der Waals surface area contributed by atoms with Gasteiger partial charge in [0, 0.05) is 7.11 Å². The molecule has 23 heavy (non-hydrogen) atoms. The number of nitrogens with one attached hydrogen (secondary N) is 1. The molecule has 0 bridgehead atoms. The molecule has 1 heterocycles. The average Bonchev–Trinajstić information content (AvgIpc) is 2.84. The van der Waals surface area contributed by atoms with Crippen LogP contribution in [0, 0.1) is 0 Å². The first-order valence-electron chi connectivity index (χ1n) is 7.33. The highest BCUT2D eigenvalue weighted by molar-refractivity contribution is 5.88. The predicted octanol–water partition coefficient (Wildman–Crippen LogP) is 1.13. The lowest BCUT2D eigenvalue weighted by Crippen LogP contribution is -2.33. The highest BCUT2D eigenvalue weighted by atomic mass is 16.6. The van der Waals surface area contributed by atoms with Crippen LogP contribution in [0.2, 0.25) is 0 Å². The lowest BCUT2D eigenvalue weighted by Gasteiger charge is -2.19. The Bertz CT molecular complexity index is 536. The maximum Gasteiger partial charge on any atom is 0.407 e. The number of aromatic nitrogens is 3. The molecule has 0 saturated carbocycles. The fraction of sp³-hybridized carbons (Fsp3) is 0.714. The molecule has 0 aromatic carbocycles. The largest absolute Gasteiger partial charge is 0.461 e. The summed E-state index contributed by atoms with van der Waals surface area (Å²) in [6, 6.07) is 0. The first-order chi connectivity index (χ1) is 10.8. The van der Waals surface area contributed by atoms with Gasteiger partial charge >= 0.3 is 12.1 Å². The Labute approximate surface area is 135 Å². The van der Waals surface area contributed by atoms with Crippen LogP contribution in [0.5, 0.6) is 0 Å². The third-order valence-electron chi connectivity index (χ3n) is 2.61. The molecule has 0 aliphatic heterocycles. The Morgan fingerprint density at radius 1 is 1.30 bits per heavy atom. The SMILES string of the molecule is CCOC(=O)c1nnn(CCOC)c1CNC(=O)OC(C)(C)C. The highest BCUT2D eigenvalue weighted by Crippen LogP contribution is 2.10. The second-order valence-electron chi connectivity index (χ2n) is 5.68. The zero-order chi connectivity index (χ0) is 17.5. The third-order valence-corrected chi connectivity index (χ3v) is 2.61. The number of hydrogen-bond donors (Lipinski definition) is 1. The van der Waals surface area contributed by atoms with Crippen LogP contribution in [0.15, 0.2) is 0 Å². The van der Waals surface area contributed by atoms with E-state index in [1.54, 1.807) is 34.8 Å². The molecule has 0 radical (unpaired) electrons. The summed E-state index contributed by atoms with van der Waals surface area (Å²) < 4.78 is 16.6.